The largest absolute Gasteiger partial charge is 0.330 e. The number of fused-ring (bicyclic) bond motifs is 9. The molecule has 0 fully saturated rings. The Bertz CT molecular complexity index is 2850. The quantitative estimate of drug-likeness (QED) is 0.165. The zero-order chi connectivity index (χ0) is 41.3. The number of benzene rings is 7. The van der Waals surface area contributed by atoms with Crippen molar-refractivity contribution < 1.29 is 0 Å². The first kappa shape index (κ1) is 37.0. The Labute approximate surface area is 357 Å². The lowest BCUT2D eigenvalue weighted by Crippen LogP contribution is -2.61. The summed E-state index contributed by atoms with van der Waals surface area (Å²) in [6.07, 6.45) is 2.17. The Morgan fingerprint density at radius 2 is 1.02 bits per heavy atom. The van der Waals surface area contributed by atoms with E-state index in [2.05, 4.69) is 228 Å². The fourth-order valence-electron chi connectivity index (χ4n) is 11.5. The predicted octanol–water partition coefficient (Wildman–Crippen LogP) is 12.6. The standard InChI is InChI=1S/C56H54BN3/c1-53(2,3)38-26-29-41(30-27-38)59-49-31-28-39(54(4,5)6)34-46(49)57-45-23-15-17-25-48(45)58(40-19-10-9-11-20-40)50-35-42(36-51(59)52(50)57)60-47-24-16-14-22-44(47)55(7)33-32-37-18-12-13-21-43(37)56(55,60)8/h9-31,34-36H,32-33H2,1-8H3. The van der Waals surface area contributed by atoms with Crippen LogP contribution in [0.15, 0.2) is 158 Å². The van der Waals surface area contributed by atoms with Gasteiger partial charge in [-0.3, -0.25) is 0 Å². The van der Waals surface area contributed by atoms with Crippen LogP contribution in [0.2, 0.25) is 0 Å². The smallest absolute Gasteiger partial charge is 0.252 e. The summed E-state index contributed by atoms with van der Waals surface area (Å²) in [5, 5.41) is 0. The molecule has 2 atom stereocenters. The molecule has 3 nitrogen and oxygen atoms in total. The van der Waals surface area contributed by atoms with Gasteiger partial charge in [0.1, 0.15) is 0 Å². The zero-order valence-electron chi connectivity index (χ0n) is 36.3. The van der Waals surface area contributed by atoms with Gasteiger partial charge in [-0.2, -0.15) is 0 Å². The number of para-hydroxylation sites is 3. The lowest BCUT2D eigenvalue weighted by atomic mass is 9.33. The van der Waals surface area contributed by atoms with E-state index in [1.807, 2.05) is 0 Å². The first-order chi connectivity index (χ1) is 28.8. The van der Waals surface area contributed by atoms with Crippen LogP contribution < -0.4 is 31.1 Å². The van der Waals surface area contributed by atoms with Crippen molar-refractivity contribution in [2.75, 3.05) is 14.7 Å². The molecule has 60 heavy (non-hydrogen) atoms. The molecule has 296 valence electrons. The summed E-state index contributed by atoms with van der Waals surface area (Å²) in [6.45, 7) is 19.0. The molecule has 3 heterocycles. The van der Waals surface area contributed by atoms with Gasteiger partial charge in [0.05, 0.1) is 5.54 Å². The number of aryl methyl sites for hydroxylation is 1. The Hall–Kier alpha value is -6.00. The van der Waals surface area contributed by atoms with Crippen LogP contribution in [0, 0.1) is 0 Å². The monoisotopic (exact) mass is 779 g/mol. The molecule has 0 aromatic heterocycles. The summed E-state index contributed by atoms with van der Waals surface area (Å²) in [5.74, 6) is 0. The zero-order valence-corrected chi connectivity index (χ0v) is 36.3. The molecule has 0 amide bonds. The average Bonchev–Trinajstić information content (AvgIpc) is 3.46. The van der Waals surface area contributed by atoms with E-state index in [1.165, 1.54) is 89.7 Å². The minimum atomic E-state index is -0.330. The summed E-state index contributed by atoms with van der Waals surface area (Å²) in [4.78, 5) is 7.86. The number of hydrogen-bond donors (Lipinski definition) is 0. The average molecular weight is 780 g/mol. The van der Waals surface area contributed by atoms with E-state index in [0.29, 0.717) is 0 Å². The van der Waals surface area contributed by atoms with Crippen molar-refractivity contribution >= 4 is 68.6 Å². The highest BCUT2D eigenvalue weighted by Crippen LogP contribution is 2.64. The normalized spacial score (nSPS) is 19.9. The highest BCUT2D eigenvalue weighted by molar-refractivity contribution is 7.00. The third-order valence-corrected chi connectivity index (χ3v) is 14.8. The molecule has 1 aliphatic carbocycles. The molecule has 11 rings (SSSR count). The lowest BCUT2D eigenvalue weighted by molar-refractivity contribution is 0.245. The van der Waals surface area contributed by atoms with E-state index < -0.39 is 0 Å². The third-order valence-electron chi connectivity index (χ3n) is 14.8. The molecule has 0 saturated carbocycles. The first-order valence-corrected chi connectivity index (χ1v) is 21.9. The first-order valence-electron chi connectivity index (χ1n) is 21.9. The van der Waals surface area contributed by atoms with Gasteiger partial charge in [-0.05, 0) is 129 Å². The van der Waals surface area contributed by atoms with E-state index in [9.17, 15) is 0 Å². The number of hydrogen-bond acceptors (Lipinski definition) is 3. The van der Waals surface area contributed by atoms with Crippen molar-refractivity contribution in [1.29, 1.82) is 0 Å². The van der Waals surface area contributed by atoms with Crippen LogP contribution in [-0.4, -0.2) is 6.71 Å². The molecular weight excluding hydrogens is 725 g/mol. The minimum absolute atomic E-state index is 0.00698. The molecule has 0 spiro atoms. The maximum Gasteiger partial charge on any atom is 0.252 e. The third kappa shape index (κ3) is 5.09. The molecular formula is C56H54BN3. The second-order valence-electron chi connectivity index (χ2n) is 20.1. The van der Waals surface area contributed by atoms with Gasteiger partial charge in [0, 0.05) is 50.9 Å². The van der Waals surface area contributed by atoms with Crippen molar-refractivity contribution in [3.63, 3.8) is 0 Å². The molecule has 0 N–H and O–H groups in total. The van der Waals surface area contributed by atoms with Gasteiger partial charge in [0.15, 0.2) is 0 Å². The fourth-order valence-corrected chi connectivity index (χ4v) is 11.5. The summed E-state index contributed by atoms with van der Waals surface area (Å²) >= 11 is 0. The molecule has 4 aliphatic rings. The van der Waals surface area contributed by atoms with E-state index in [-0.39, 0.29) is 28.5 Å². The molecule has 7 aromatic carbocycles. The van der Waals surface area contributed by atoms with Gasteiger partial charge in [0.25, 0.3) is 6.71 Å². The Kier molecular flexibility index (Phi) is 7.87. The molecule has 3 aliphatic heterocycles. The van der Waals surface area contributed by atoms with Crippen LogP contribution >= 0.6 is 0 Å². The highest BCUT2D eigenvalue weighted by atomic mass is 15.3. The van der Waals surface area contributed by atoms with Crippen molar-refractivity contribution in [2.45, 2.75) is 90.0 Å². The summed E-state index contributed by atoms with van der Waals surface area (Å²) in [7, 11) is 0. The van der Waals surface area contributed by atoms with Gasteiger partial charge >= 0.3 is 0 Å². The van der Waals surface area contributed by atoms with Crippen LogP contribution in [0.3, 0.4) is 0 Å². The Balaban J connectivity index is 1.26. The second-order valence-corrected chi connectivity index (χ2v) is 20.1. The lowest BCUT2D eigenvalue weighted by Gasteiger charge is -2.52. The highest BCUT2D eigenvalue weighted by Gasteiger charge is 2.60. The molecule has 4 heteroatoms. The van der Waals surface area contributed by atoms with Gasteiger partial charge in [-0.15, -0.1) is 0 Å². The molecule has 7 aromatic rings. The van der Waals surface area contributed by atoms with E-state index in [4.69, 9.17) is 0 Å². The van der Waals surface area contributed by atoms with Crippen LogP contribution in [0.4, 0.5) is 45.5 Å². The van der Waals surface area contributed by atoms with E-state index in [1.54, 1.807) is 0 Å². The SMILES string of the molecule is CC(C)(C)c1ccc(N2c3ccc(C(C)(C)C)cc3B3c4ccccc4N(c4ccccc4)c4cc(N5c6ccccc6C6(C)CCc7ccccc7C56C)cc2c43)cc1. The molecule has 0 radical (unpaired) electrons. The molecule has 2 unspecified atom stereocenters. The topological polar surface area (TPSA) is 9.72 Å². The number of rotatable bonds is 3. The summed E-state index contributed by atoms with van der Waals surface area (Å²) in [6, 6.07) is 60.5. The van der Waals surface area contributed by atoms with Gasteiger partial charge in [0.2, 0.25) is 0 Å². The van der Waals surface area contributed by atoms with E-state index in [0.717, 1.165) is 12.8 Å². The maximum absolute atomic E-state index is 2.73. The molecule has 0 saturated heterocycles. The Morgan fingerprint density at radius 3 is 1.70 bits per heavy atom. The number of anilines is 8. The van der Waals surface area contributed by atoms with Crippen molar-refractivity contribution in [3.05, 3.63) is 186 Å². The maximum atomic E-state index is 2.73. The van der Waals surface area contributed by atoms with Crippen molar-refractivity contribution in [3.8, 4) is 0 Å². The van der Waals surface area contributed by atoms with Gasteiger partial charge < -0.3 is 14.7 Å². The van der Waals surface area contributed by atoms with Crippen LogP contribution in [0.1, 0.15) is 89.6 Å². The predicted molar refractivity (Wildman–Crippen MR) is 256 cm³/mol. The number of nitrogens with zero attached hydrogens (tertiary/aromatic N) is 3. The van der Waals surface area contributed by atoms with Crippen molar-refractivity contribution in [2.24, 2.45) is 0 Å². The van der Waals surface area contributed by atoms with E-state index >= 15 is 0 Å². The van der Waals surface area contributed by atoms with Crippen LogP contribution in [0.25, 0.3) is 0 Å². The summed E-state index contributed by atoms with van der Waals surface area (Å²) < 4.78 is 0. The van der Waals surface area contributed by atoms with Crippen LogP contribution in [0.5, 0.6) is 0 Å². The summed E-state index contributed by atoms with van der Waals surface area (Å²) in [5.41, 5.74) is 20.5. The molecule has 0 bridgehead atoms. The Morgan fingerprint density at radius 1 is 0.467 bits per heavy atom. The second kappa shape index (κ2) is 12.8. The van der Waals surface area contributed by atoms with Crippen LogP contribution in [-0.2, 0) is 28.2 Å². The minimum Gasteiger partial charge on any atom is -0.330 e. The van der Waals surface area contributed by atoms with Gasteiger partial charge in [-0.1, -0.05) is 152 Å². The fraction of sp³-hybridized carbons (Fsp3) is 0.250. The van der Waals surface area contributed by atoms with Crippen molar-refractivity contribution in [1.82, 2.24) is 0 Å². The van der Waals surface area contributed by atoms with Gasteiger partial charge in [-0.25, -0.2) is 0 Å².